The number of benzene rings is 2. The molecule has 25 heavy (non-hydrogen) atoms. The average Bonchev–Trinajstić information content (AvgIpc) is 2.90. The van der Waals surface area contributed by atoms with Gasteiger partial charge in [0.05, 0.1) is 16.4 Å². The predicted octanol–water partition coefficient (Wildman–Crippen LogP) is 4.24. The van der Waals surface area contributed by atoms with E-state index in [0.717, 1.165) is 5.69 Å². The molecule has 1 atom stereocenters. The summed E-state index contributed by atoms with van der Waals surface area (Å²) in [5.74, 6) is -0.546. The van der Waals surface area contributed by atoms with Gasteiger partial charge < -0.3 is 10.6 Å². The molecule has 1 fully saturated rings. The second-order valence-corrected chi connectivity index (χ2v) is 7.26. The number of hydrogen-bond acceptors (Lipinski definition) is 4. The van der Waals surface area contributed by atoms with E-state index in [2.05, 4.69) is 15.6 Å². The first-order valence-electron chi connectivity index (χ1n) is 7.37. The lowest BCUT2D eigenvalue weighted by atomic mass is 10.2. The van der Waals surface area contributed by atoms with Crippen LogP contribution < -0.4 is 10.6 Å². The molecule has 2 N–H and O–H groups in total. The molecule has 3 rings (SSSR count). The SMILES string of the molecule is O=C(C[C@@H]1SC(=Nc2ccccc2)NC1=O)Nc1ccc(Cl)cc1Cl. The van der Waals surface area contributed by atoms with Gasteiger partial charge in [-0.05, 0) is 30.3 Å². The van der Waals surface area contributed by atoms with E-state index in [-0.39, 0.29) is 18.2 Å². The molecule has 2 aromatic rings. The topological polar surface area (TPSA) is 70.6 Å². The molecule has 128 valence electrons. The molecule has 2 amide bonds. The van der Waals surface area contributed by atoms with Crippen molar-refractivity contribution in [2.24, 2.45) is 4.99 Å². The fourth-order valence-corrected chi connectivity index (χ4v) is 3.62. The number of halogens is 2. The summed E-state index contributed by atoms with van der Waals surface area (Å²) in [4.78, 5) is 28.6. The Bertz CT molecular complexity index is 843. The lowest BCUT2D eigenvalue weighted by Crippen LogP contribution is -2.28. The predicted molar refractivity (Wildman–Crippen MR) is 103 cm³/mol. The summed E-state index contributed by atoms with van der Waals surface area (Å²) < 4.78 is 0. The minimum atomic E-state index is -0.534. The molecule has 0 radical (unpaired) electrons. The van der Waals surface area contributed by atoms with Crippen molar-refractivity contribution >= 4 is 63.3 Å². The summed E-state index contributed by atoms with van der Waals surface area (Å²) in [5.41, 5.74) is 1.20. The van der Waals surface area contributed by atoms with Gasteiger partial charge >= 0.3 is 0 Å². The normalized spacial score (nSPS) is 18.2. The van der Waals surface area contributed by atoms with Gasteiger partial charge in [0.1, 0.15) is 5.25 Å². The summed E-state index contributed by atoms with van der Waals surface area (Å²) >= 11 is 13.1. The summed E-state index contributed by atoms with van der Waals surface area (Å²) in [6.45, 7) is 0. The van der Waals surface area contributed by atoms with Crippen molar-refractivity contribution in [3.63, 3.8) is 0 Å². The third-order valence-electron chi connectivity index (χ3n) is 3.34. The molecule has 0 spiro atoms. The monoisotopic (exact) mass is 393 g/mol. The van der Waals surface area contributed by atoms with Crippen LogP contribution >= 0.6 is 35.0 Å². The van der Waals surface area contributed by atoms with Crippen molar-refractivity contribution in [2.45, 2.75) is 11.7 Å². The summed E-state index contributed by atoms with van der Waals surface area (Å²) in [6.07, 6.45) is 0.0171. The maximum absolute atomic E-state index is 12.2. The number of nitrogens with zero attached hydrogens (tertiary/aromatic N) is 1. The molecule has 0 aliphatic carbocycles. The fraction of sp³-hybridized carbons (Fsp3) is 0.118. The Labute approximate surface area is 158 Å². The van der Waals surface area contributed by atoms with Gasteiger partial charge in [0.2, 0.25) is 11.8 Å². The van der Waals surface area contributed by atoms with Crippen molar-refractivity contribution < 1.29 is 9.59 Å². The molecule has 1 aliphatic rings. The Kier molecular flexibility index (Phi) is 5.63. The van der Waals surface area contributed by atoms with Crippen LogP contribution in [0.2, 0.25) is 10.0 Å². The zero-order valence-corrected chi connectivity index (χ0v) is 15.2. The molecule has 0 aromatic heterocycles. The van der Waals surface area contributed by atoms with Gasteiger partial charge in [-0.1, -0.05) is 53.2 Å². The third-order valence-corrected chi connectivity index (χ3v) is 4.97. The number of aliphatic imine (C=N–C) groups is 1. The number of para-hydroxylation sites is 1. The van der Waals surface area contributed by atoms with E-state index < -0.39 is 5.25 Å². The van der Waals surface area contributed by atoms with E-state index in [1.54, 1.807) is 18.2 Å². The van der Waals surface area contributed by atoms with Gasteiger partial charge in [-0.3, -0.25) is 9.59 Å². The number of carbonyl (C=O) groups is 2. The number of rotatable bonds is 4. The average molecular weight is 394 g/mol. The summed E-state index contributed by atoms with van der Waals surface area (Å²) in [5, 5.41) is 6.15. The van der Waals surface area contributed by atoms with Gasteiger partial charge in [0, 0.05) is 11.4 Å². The van der Waals surface area contributed by atoms with Crippen LogP contribution in [-0.2, 0) is 9.59 Å². The van der Waals surface area contributed by atoms with Crippen LogP contribution in [0.3, 0.4) is 0 Å². The highest BCUT2D eigenvalue weighted by Gasteiger charge is 2.32. The van der Waals surface area contributed by atoms with Crippen molar-refractivity contribution in [1.29, 1.82) is 0 Å². The first kappa shape index (κ1) is 17.8. The molecule has 5 nitrogen and oxygen atoms in total. The number of hydrogen-bond donors (Lipinski definition) is 2. The Morgan fingerprint density at radius 3 is 2.68 bits per heavy atom. The molecule has 1 heterocycles. The number of nitrogens with one attached hydrogen (secondary N) is 2. The highest BCUT2D eigenvalue weighted by atomic mass is 35.5. The second kappa shape index (κ2) is 7.91. The van der Waals surface area contributed by atoms with Crippen molar-refractivity contribution in [1.82, 2.24) is 5.32 Å². The first-order valence-corrected chi connectivity index (χ1v) is 9.01. The Morgan fingerprint density at radius 2 is 1.96 bits per heavy atom. The van der Waals surface area contributed by atoms with Crippen LogP contribution in [0.4, 0.5) is 11.4 Å². The molecular formula is C17H13Cl2N3O2S. The lowest BCUT2D eigenvalue weighted by molar-refractivity contribution is -0.122. The molecule has 8 heteroatoms. The van der Waals surface area contributed by atoms with Gasteiger partial charge in [0.15, 0.2) is 5.17 Å². The Morgan fingerprint density at radius 1 is 1.20 bits per heavy atom. The van der Waals surface area contributed by atoms with Crippen molar-refractivity contribution in [3.05, 3.63) is 58.6 Å². The maximum atomic E-state index is 12.2. The molecule has 2 aromatic carbocycles. The van der Waals surface area contributed by atoms with Crippen LogP contribution in [0.1, 0.15) is 6.42 Å². The van der Waals surface area contributed by atoms with Crippen molar-refractivity contribution in [2.75, 3.05) is 5.32 Å². The number of amidine groups is 1. The molecule has 0 unspecified atom stereocenters. The molecule has 1 saturated heterocycles. The smallest absolute Gasteiger partial charge is 0.240 e. The zero-order chi connectivity index (χ0) is 17.8. The van der Waals surface area contributed by atoms with E-state index in [9.17, 15) is 9.59 Å². The Balaban J connectivity index is 1.62. The van der Waals surface area contributed by atoms with Crippen LogP contribution in [-0.4, -0.2) is 22.2 Å². The quantitative estimate of drug-likeness (QED) is 0.815. The highest BCUT2D eigenvalue weighted by Crippen LogP contribution is 2.28. The van der Waals surface area contributed by atoms with E-state index in [1.807, 2.05) is 30.3 Å². The maximum Gasteiger partial charge on any atom is 0.240 e. The Hall–Kier alpha value is -2.02. The number of anilines is 1. The van der Waals surface area contributed by atoms with Gasteiger partial charge in [-0.15, -0.1) is 0 Å². The zero-order valence-electron chi connectivity index (χ0n) is 12.8. The second-order valence-electron chi connectivity index (χ2n) is 5.22. The highest BCUT2D eigenvalue weighted by molar-refractivity contribution is 8.15. The summed E-state index contributed by atoms with van der Waals surface area (Å²) in [6, 6.07) is 14.1. The van der Waals surface area contributed by atoms with Gasteiger partial charge in [-0.2, -0.15) is 0 Å². The summed E-state index contributed by atoms with van der Waals surface area (Å²) in [7, 11) is 0. The van der Waals surface area contributed by atoms with Gasteiger partial charge in [-0.25, -0.2) is 4.99 Å². The minimum Gasteiger partial charge on any atom is -0.325 e. The molecular weight excluding hydrogens is 381 g/mol. The van der Waals surface area contributed by atoms with E-state index in [4.69, 9.17) is 23.2 Å². The fourth-order valence-electron chi connectivity index (χ4n) is 2.17. The van der Waals surface area contributed by atoms with E-state index in [1.165, 1.54) is 11.8 Å². The van der Waals surface area contributed by atoms with Crippen molar-refractivity contribution in [3.8, 4) is 0 Å². The van der Waals surface area contributed by atoms with Crippen LogP contribution in [0, 0.1) is 0 Å². The van der Waals surface area contributed by atoms with E-state index in [0.29, 0.717) is 20.9 Å². The van der Waals surface area contributed by atoms with Crippen LogP contribution in [0.15, 0.2) is 53.5 Å². The first-order chi connectivity index (χ1) is 12.0. The largest absolute Gasteiger partial charge is 0.325 e. The lowest BCUT2D eigenvalue weighted by Gasteiger charge is -2.09. The van der Waals surface area contributed by atoms with Gasteiger partial charge in [0.25, 0.3) is 0 Å². The molecule has 1 aliphatic heterocycles. The molecule has 0 saturated carbocycles. The number of thioether (sulfide) groups is 1. The van der Waals surface area contributed by atoms with Crippen LogP contribution in [0.25, 0.3) is 0 Å². The van der Waals surface area contributed by atoms with E-state index >= 15 is 0 Å². The number of carbonyl (C=O) groups excluding carboxylic acids is 2. The minimum absolute atomic E-state index is 0.0171. The number of amides is 2. The van der Waals surface area contributed by atoms with Crippen LogP contribution in [0.5, 0.6) is 0 Å². The third kappa shape index (κ3) is 4.75. The standard InChI is InChI=1S/C17H13Cl2N3O2S/c18-10-6-7-13(12(19)8-10)21-15(23)9-14-16(24)22-17(25-14)20-11-4-2-1-3-5-11/h1-8,14H,9H2,(H,21,23)(H,20,22,24)/t14-/m0/s1. The molecule has 0 bridgehead atoms.